The van der Waals surface area contributed by atoms with Crippen molar-refractivity contribution >= 4 is 45.8 Å². The van der Waals surface area contributed by atoms with Crippen LogP contribution in [0.2, 0.25) is 5.02 Å². The van der Waals surface area contributed by atoms with Crippen molar-refractivity contribution in [1.82, 2.24) is 5.32 Å². The van der Waals surface area contributed by atoms with Crippen molar-refractivity contribution in [2.24, 2.45) is 5.73 Å². The van der Waals surface area contributed by atoms with Crippen LogP contribution in [0.3, 0.4) is 0 Å². The van der Waals surface area contributed by atoms with Crippen LogP contribution in [0.4, 0.5) is 0 Å². The second kappa shape index (κ2) is 6.24. The molecule has 1 aromatic rings. The van der Waals surface area contributed by atoms with Crippen molar-refractivity contribution in [2.75, 3.05) is 6.54 Å². The Morgan fingerprint density at radius 3 is 2.67 bits per heavy atom. The van der Waals surface area contributed by atoms with E-state index in [0.717, 1.165) is 23.7 Å². The highest BCUT2D eigenvalue weighted by Crippen LogP contribution is 2.28. The molecule has 1 aliphatic carbocycles. The molecule has 0 unspecified atom stereocenters. The highest BCUT2D eigenvalue weighted by atomic mass is 79.9. The van der Waals surface area contributed by atoms with E-state index in [1.54, 1.807) is 18.2 Å². The minimum absolute atomic E-state index is 0. The first-order valence-corrected chi connectivity index (χ1v) is 6.69. The number of hydrogen-bond acceptors (Lipinski definition) is 2. The maximum Gasteiger partial charge on any atom is 0.252 e. The predicted molar refractivity (Wildman–Crippen MR) is 79.5 cm³/mol. The smallest absolute Gasteiger partial charge is 0.252 e. The molecule has 0 heterocycles. The van der Waals surface area contributed by atoms with Gasteiger partial charge in [-0.25, -0.2) is 0 Å². The summed E-state index contributed by atoms with van der Waals surface area (Å²) < 4.78 is 0.855. The summed E-state index contributed by atoms with van der Waals surface area (Å²) in [5.41, 5.74) is 6.31. The van der Waals surface area contributed by atoms with Crippen LogP contribution < -0.4 is 11.1 Å². The number of benzene rings is 1. The van der Waals surface area contributed by atoms with Crippen LogP contribution in [0.5, 0.6) is 0 Å². The van der Waals surface area contributed by atoms with Gasteiger partial charge in [-0.3, -0.25) is 4.79 Å². The topological polar surface area (TPSA) is 55.1 Å². The van der Waals surface area contributed by atoms with Gasteiger partial charge in [0.15, 0.2) is 0 Å². The minimum Gasteiger partial charge on any atom is -0.350 e. The van der Waals surface area contributed by atoms with E-state index < -0.39 is 0 Å². The molecule has 18 heavy (non-hydrogen) atoms. The monoisotopic (exact) mass is 352 g/mol. The van der Waals surface area contributed by atoms with E-state index in [0.29, 0.717) is 17.1 Å². The number of carbonyl (C=O) groups excluding carboxylic acids is 1. The molecular formula is C12H15BrCl2N2O. The Morgan fingerprint density at radius 1 is 1.50 bits per heavy atom. The fourth-order valence-corrected chi connectivity index (χ4v) is 2.59. The first-order chi connectivity index (χ1) is 8.00. The van der Waals surface area contributed by atoms with Gasteiger partial charge in [-0.2, -0.15) is 0 Å². The van der Waals surface area contributed by atoms with Gasteiger partial charge in [0.25, 0.3) is 5.91 Å². The maximum absolute atomic E-state index is 11.9. The van der Waals surface area contributed by atoms with Crippen molar-refractivity contribution in [3.63, 3.8) is 0 Å². The Hall–Kier alpha value is -0.290. The van der Waals surface area contributed by atoms with Crippen molar-refractivity contribution in [3.05, 3.63) is 33.3 Å². The molecule has 2 rings (SSSR count). The zero-order valence-corrected chi connectivity index (χ0v) is 12.9. The summed E-state index contributed by atoms with van der Waals surface area (Å²) in [5, 5.41) is 3.28. The Labute approximate surface area is 126 Å². The van der Waals surface area contributed by atoms with Crippen molar-refractivity contribution < 1.29 is 4.79 Å². The van der Waals surface area contributed by atoms with Crippen molar-refractivity contribution in [1.29, 1.82) is 0 Å². The van der Waals surface area contributed by atoms with Gasteiger partial charge in [-0.1, -0.05) is 27.5 Å². The van der Waals surface area contributed by atoms with Crippen molar-refractivity contribution in [2.45, 2.75) is 24.8 Å². The molecule has 3 nitrogen and oxygen atoms in total. The number of amides is 1. The minimum atomic E-state index is -0.211. The predicted octanol–water partition coefficient (Wildman–Crippen LogP) is 3.14. The number of nitrogens with two attached hydrogens (primary N) is 1. The standard InChI is InChI=1S/C12H14BrClN2O.ClH/c13-8-2-3-9(10(14)6-8)11(17)16-7-12(15)4-1-5-12;/h2-3,6H,1,4-5,7,15H2,(H,16,17);1H. The second-order valence-electron chi connectivity index (χ2n) is 4.52. The van der Waals surface area contributed by atoms with Crippen LogP contribution >= 0.6 is 39.9 Å². The van der Waals surface area contributed by atoms with Crippen LogP contribution in [-0.2, 0) is 0 Å². The summed E-state index contributed by atoms with van der Waals surface area (Å²) in [7, 11) is 0. The Balaban J connectivity index is 0.00000162. The van der Waals surface area contributed by atoms with Crippen molar-refractivity contribution in [3.8, 4) is 0 Å². The molecule has 0 spiro atoms. The quantitative estimate of drug-likeness (QED) is 0.877. The van der Waals surface area contributed by atoms with Gasteiger partial charge in [-0.05, 0) is 37.5 Å². The average molecular weight is 354 g/mol. The molecule has 3 N–H and O–H groups in total. The largest absolute Gasteiger partial charge is 0.350 e. The average Bonchev–Trinajstić information content (AvgIpc) is 2.23. The molecule has 1 aromatic carbocycles. The third-order valence-electron chi connectivity index (χ3n) is 3.13. The Morgan fingerprint density at radius 2 is 2.17 bits per heavy atom. The number of carbonyl (C=O) groups is 1. The lowest BCUT2D eigenvalue weighted by Crippen LogP contribution is -2.54. The van der Waals surface area contributed by atoms with E-state index in [1.807, 2.05) is 0 Å². The Kier molecular flexibility index (Phi) is 5.46. The molecule has 0 radical (unpaired) electrons. The van der Waals surface area contributed by atoms with Crippen LogP contribution in [0.25, 0.3) is 0 Å². The highest BCUT2D eigenvalue weighted by Gasteiger charge is 2.32. The van der Waals surface area contributed by atoms with E-state index in [4.69, 9.17) is 17.3 Å². The van der Waals surface area contributed by atoms with Gasteiger partial charge in [0.2, 0.25) is 0 Å². The first kappa shape index (κ1) is 15.8. The highest BCUT2D eigenvalue weighted by molar-refractivity contribution is 9.10. The van der Waals surface area contributed by atoms with Gasteiger partial charge in [0.1, 0.15) is 0 Å². The van der Waals surface area contributed by atoms with Gasteiger partial charge in [-0.15, -0.1) is 12.4 Å². The van der Waals surface area contributed by atoms with E-state index in [9.17, 15) is 4.79 Å². The Bertz CT molecular complexity index is 450. The van der Waals surface area contributed by atoms with Gasteiger partial charge < -0.3 is 11.1 Å². The molecule has 100 valence electrons. The zero-order valence-electron chi connectivity index (χ0n) is 9.71. The molecule has 1 aliphatic rings. The molecule has 6 heteroatoms. The fourth-order valence-electron chi connectivity index (χ4n) is 1.83. The van der Waals surface area contributed by atoms with E-state index in [-0.39, 0.29) is 23.9 Å². The number of nitrogens with one attached hydrogen (secondary N) is 1. The lowest BCUT2D eigenvalue weighted by molar-refractivity contribution is 0.0930. The fraction of sp³-hybridized carbons (Fsp3) is 0.417. The molecule has 0 atom stereocenters. The third-order valence-corrected chi connectivity index (χ3v) is 3.93. The first-order valence-electron chi connectivity index (χ1n) is 5.52. The molecule has 1 fully saturated rings. The van der Waals surface area contributed by atoms with Crippen LogP contribution in [0, 0.1) is 0 Å². The van der Waals surface area contributed by atoms with Crippen LogP contribution in [0.1, 0.15) is 29.6 Å². The normalized spacial score (nSPS) is 16.4. The molecular weight excluding hydrogens is 339 g/mol. The third kappa shape index (κ3) is 3.60. The van der Waals surface area contributed by atoms with Crippen LogP contribution in [-0.4, -0.2) is 18.0 Å². The number of hydrogen-bond donors (Lipinski definition) is 2. The summed E-state index contributed by atoms with van der Waals surface area (Å²) in [6.45, 7) is 0.512. The zero-order chi connectivity index (χ0) is 12.5. The summed E-state index contributed by atoms with van der Waals surface area (Å²) in [4.78, 5) is 11.9. The molecule has 0 aromatic heterocycles. The molecule has 0 saturated heterocycles. The number of rotatable bonds is 3. The number of halogens is 3. The SMILES string of the molecule is Cl.NC1(CNC(=O)c2ccc(Br)cc2Cl)CCC1. The molecule has 1 saturated carbocycles. The maximum atomic E-state index is 11.9. The van der Waals surface area contributed by atoms with Gasteiger partial charge >= 0.3 is 0 Å². The molecule has 1 amide bonds. The van der Waals surface area contributed by atoms with E-state index >= 15 is 0 Å². The second-order valence-corrected chi connectivity index (χ2v) is 5.85. The summed E-state index contributed by atoms with van der Waals surface area (Å²) in [6.07, 6.45) is 3.09. The lowest BCUT2D eigenvalue weighted by Gasteiger charge is -2.38. The summed E-state index contributed by atoms with van der Waals surface area (Å²) in [5.74, 6) is -0.167. The lowest BCUT2D eigenvalue weighted by atomic mass is 9.78. The summed E-state index contributed by atoms with van der Waals surface area (Å²) in [6, 6.07) is 5.20. The molecule has 0 aliphatic heterocycles. The van der Waals surface area contributed by atoms with E-state index in [1.165, 1.54) is 0 Å². The van der Waals surface area contributed by atoms with Crippen LogP contribution in [0.15, 0.2) is 22.7 Å². The molecule has 0 bridgehead atoms. The summed E-state index contributed by atoms with van der Waals surface area (Å²) >= 11 is 9.30. The van der Waals surface area contributed by atoms with Gasteiger partial charge in [0, 0.05) is 16.6 Å². The van der Waals surface area contributed by atoms with Gasteiger partial charge in [0.05, 0.1) is 10.6 Å². The van der Waals surface area contributed by atoms with E-state index in [2.05, 4.69) is 21.2 Å².